The molecule has 22 heavy (non-hydrogen) atoms. The summed E-state index contributed by atoms with van der Waals surface area (Å²) in [7, 11) is -2.22. The molecular weight excluding hydrogens is 325 g/mol. The number of hydrogen-bond donors (Lipinski definition) is 3. The van der Waals surface area contributed by atoms with Gasteiger partial charge in [-0.3, -0.25) is 14.3 Å². The number of thiol groups is 1. The summed E-state index contributed by atoms with van der Waals surface area (Å²) in [5.41, 5.74) is 6.00. The third-order valence-corrected chi connectivity index (χ3v) is 4.98. The average molecular weight is 343 g/mol. The van der Waals surface area contributed by atoms with Gasteiger partial charge in [-0.05, 0) is 24.7 Å². The molecule has 2 aromatic rings. The normalized spacial score (nSPS) is 26.5. The standard InChI is InChI=1S/C12H18N5O3PS/c1-12(5-20-21(19)22)3-2-7(4-12)17-6-14-8-9(17)15-11(13)16-10(8)18/h6-7,21H,2-5H2,1H3,(H,19,22)(H3,13,15,16,18)/t7-,12?/m0/s1. The molecule has 0 bridgehead atoms. The summed E-state index contributed by atoms with van der Waals surface area (Å²) in [6, 6.07) is 0.162. The van der Waals surface area contributed by atoms with Crippen LogP contribution in [-0.4, -0.2) is 26.1 Å². The molecule has 120 valence electrons. The first-order chi connectivity index (χ1) is 10.4. The van der Waals surface area contributed by atoms with Crippen LogP contribution in [0.1, 0.15) is 32.2 Å². The molecule has 0 radical (unpaired) electrons. The predicted octanol–water partition coefficient (Wildman–Crippen LogP) is 1.77. The summed E-state index contributed by atoms with van der Waals surface area (Å²) in [6.45, 7) is 2.51. The van der Waals surface area contributed by atoms with Crippen molar-refractivity contribution in [1.82, 2.24) is 19.5 Å². The molecule has 3 N–H and O–H groups in total. The number of aromatic nitrogens is 4. The van der Waals surface area contributed by atoms with Crippen molar-refractivity contribution in [2.45, 2.75) is 32.2 Å². The number of nitrogens with zero attached hydrogens (tertiary/aromatic N) is 3. The number of fused-ring (bicyclic) bond motifs is 1. The van der Waals surface area contributed by atoms with Crippen molar-refractivity contribution in [3.05, 3.63) is 16.7 Å². The summed E-state index contributed by atoms with van der Waals surface area (Å²) >= 11 is 3.81. The van der Waals surface area contributed by atoms with Gasteiger partial charge in [0.1, 0.15) is 0 Å². The average Bonchev–Trinajstić information content (AvgIpc) is 3.01. The first kappa shape index (κ1) is 15.6. The number of aromatic amines is 1. The lowest BCUT2D eigenvalue weighted by Crippen LogP contribution is -2.19. The van der Waals surface area contributed by atoms with E-state index in [4.69, 9.17) is 10.3 Å². The fourth-order valence-corrected chi connectivity index (χ4v) is 3.77. The Bertz CT molecular complexity index is 791. The lowest BCUT2D eigenvalue weighted by Gasteiger charge is -2.23. The molecule has 1 fully saturated rings. The Morgan fingerprint density at radius 1 is 1.68 bits per heavy atom. The van der Waals surface area contributed by atoms with E-state index < -0.39 is 7.23 Å². The van der Waals surface area contributed by atoms with Gasteiger partial charge in [0.2, 0.25) is 13.2 Å². The minimum atomic E-state index is -2.22. The van der Waals surface area contributed by atoms with Crippen LogP contribution in [0.25, 0.3) is 11.2 Å². The number of hydrogen-bond acceptors (Lipinski definition) is 6. The second-order valence-electron chi connectivity index (χ2n) is 6.04. The highest BCUT2D eigenvalue weighted by molar-refractivity contribution is 8.39. The fraction of sp³-hybridized carbons (Fsp3) is 0.583. The molecule has 10 heteroatoms. The molecule has 0 saturated heterocycles. The van der Waals surface area contributed by atoms with Crippen LogP contribution in [0, 0.1) is 5.41 Å². The monoisotopic (exact) mass is 343 g/mol. The summed E-state index contributed by atoms with van der Waals surface area (Å²) < 4.78 is 18.2. The van der Waals surface area contributed by atoms with Crippen molar-refractivity contribution in [3.63, 3.8) is 0 Å². The molecule has 0 spiro atoms. The predicted molar refractivity (Wildman–Crippen MR) is 87.5 cm³/mol. The Balaban J connectivity index is 1.87. The molecule has 0 aromatic carbocycles. The van der Waals surface area contributed by atoms with Crippen LogP contribution >= 0.6 is 19.5 Å². The molecule has 2 heterocycles. The molecular formula is C12H18N5O3PS. The van der Waals surface area contributed by atoms with Crippen molar-refractivity contribution in [2.75, 3.05) is 12.3 Å². The van der Waals surface area contributed by atoms with Gasteiger partial charge in [0, 0.05) is 6.04 Å². The molecule has 0 amide bonds. The van der Waals surface area contributed by atoms with Gasteiger partial charge in [-0.1, -0.05) is 19.2 Å². The minimum Gasteiger partial charge on any atom is -0.369 e. The Labute approximate surface area is 132 Å². The quantitative estimate of drug-likeness (QED) is 0.575. The third kappa shape index (κ3) is 2.93. The third-order valence-electron chi connectivity index (χ3n) is 4.20. The SMILES string of the molecule is CC1(CO[PH](=O)S)CC[C@H](n2cnc3c(=O)[nH]c(N)nc32)C1. The molecule has 1 aliphatic rings. The summed E-state index contributed by atoms with van der Waals surface area (Å²) in [5.74, 6) is 0.0806. The number of nitrogen functional groups attached to an aromatic ring is 1. The molecule has 3 atom stereocenters. The minimum absolute atomic E-state index is 0.0724. The smallest absolute Gasteiger partial charge is 0.280 e. The van der Waals surface area contributed by atoms with E-state index in [1.807, 2.05) is 4.57 Å². The molecule has 3 rings (SSSR count). The van der Waals surface area contributed by atoms with E-state index in [0.717, 1.165) is 19.3 Å². The van der Waals surface area contributed by atoms with Crippen molar-refractivity contribution in [1.29, 1.82) is 0 Å². The lowest BCUT2D eigenvalue weighted by molar-refractivity contribution is 0.175. The Kier molecular flexibility index (Phi) is 4.05. The van der Waals surface area contributed by atoms with Gasteiger partial charge in [-0.25, -0.2) is 4.98 Å². The zero-order chi connectivity index (χ0) is 15.9. The lowest BCUT2D eigenvalue weighted by atomic mass is 9.90. The maximum absolute atomic E-state index is 11.8. The van der Waals surface area contributed by atoms with Crippen LogP contribution < -0.4 is 11.3 Å². The van der Waals surface area contributed by atoms with E-state index in [1.165, 1.54) is 0 Å². The van der Waals surface area contributed by atoms with Crippen LogP contribution in [-0.2, 0) is 9.09 Å². The fourth-order valence-electron chi connectivity index (χ4n) is 3.10. The summed E-state index contributed by atoms with van der Waals surface area (Å²) in [6.07, 6.45) is 4.30. The number of imidazole rings is 1. The molecule has 2 aromatic heterocycles. The topological polar surface area (TPSA) is 116 Å². The molecule has 8 nitrogen and oxygen atoms in total. The maximum Gasteiger partial charge on any atom is 0.280 e. The largest absolute Gasteiger partial charge is 0.369 e. The van der Waals surface area contributed by atoms with Crippen molar-refractivity contribution in [2.24, 2.45) is 5.41 Å². The van der Waals surface area contributed by atoms with Crippen LogP contribution in [0.5, 0.6) is 0 Å². The number of nitrogens with one attached hydrogen (secondary N) is 1. The highest BCUT2D eigenvalue weighted by Gasteiger charge is 2.37. The Morgan fingerprint density at radius 3 is 3.18 bits per heavy atom. The van der Waals surface area contributed by atoms with Crippen molar-refractivity contribution >= 4 is 36.6 Å². The van der Waals surface area contributed by atoms with E-state index in [2.05, 4.69) is 34.1 Å². The van der Waals surface area contributed by atoms with Crippen LogP contribution in [0.2, 0.25) is 0 Å². The summed E-state index contributed by atoms with van der Waals surface area (Å²) in [5, 5.41) is 0. The molecule has 1 saturated carbocycles. The second kappa shape index (κ2) is 5.72. The van der Waals surface area contributed by atoms with Gasteiger partial charge >= 0.3 is 0 Å². The number of anilines is 1. The van der Waals surface area contributed by atoms with Gasteiger partial charge < -0.3 is 14.8 Å². The number of nitrogens with two attached hydrogens (primary N) is 1. The molecule has 1 aliphatic carbocycles. The summed E-state index contributed by atoms with van der Waals surface area (Å²) in [4.78, 5) is 22.6. The highest BCUT2D eigenvalue weighted by Crippen LogP contribution is 2.46. The first-order valence-corrected chi connectivity index (χ1v) is 9.56. The van der Waals surface area contributed by atoms with Gasteiger partial charge in [0.25, 0.3) is 5.56 Å². The highest BCUT2D eigenvalue weighted by atomic mass is 32.7. The van der Waals surface area contributed by atoms with Crippen LogP contribution in [0.15, 0.2) is 11.1 Å². The van der Waals surface area contributed by atoms with Gasteiger partial charge in [-0.2, -0.15) is 4.98 Å². The van der Waals surface area contributed by atoms with Gasteiger partial charge in [0.15, 0.2) is 11.2 Å². The number of rotatable bonds is 4. The number of H-pyrrole nitrogens is 1. The van der Waals surface area contributed by atoms with Gasteiger partial charge in [-0.15, -0.1) is 0 Å². The van der Waals surface area contributed by atoms with E-state index in [-0.39, 0.29) is 23.0 Å². The molecule has 2 unspecified atom stereocenters. The van der Waals surface area contributed by atoms with Crippen molar-refractivity contribution in [3.8, 4) is 0 Å². The maximum atomic E-state index is 11.8. The zero-order valence-corrected chi connectivity index (χ0v) is 14.0. The molecule has 0 aliphatic heterocycles. The van der Waals surface area contributed by atoms with E-state index >= 15 is 0 Å². The Morgan fingerprint density at radius 2 is 2.45 bits per heavy atom. The second-order valence-corrected chi connectivity index (χ2v) is 7.95. The van der Waals surface area contributed by atoms with Crippen molar-refractivity contribution < 1.29 is 9.09 Å². The first-order valence-electron chi connectivity index (χ1n) is 6.96. The van der Waals surface area contributed by atoms with E-state index in [9.17, 15) is 9.36 Å². The van der Waals surface area contributed by atoms with Crippen LogP contribution in [0.3, 0.4) is 0 Å². The van der Waals surface area contributed by atoms with E-state index in [1.54, 1.807) is 6.33 Å². The van der Waals surface area contributed by atoms with Gasteiger partial charge in [0.05, 0.1) is 12.9 Å². The van der Waals surface area contributed by atoms with Crippen LogP contribution in [0.4, 0.5) is 5.95 Å². The Hall–Kier alpha value is -1.31. The zero-order valence-electron chi connectivity index (χ0n) is 12.1. The van der Waals surface area contributed by atoms with E-state index in [0.29, 0.717) is 17.8 Å².